The first-order valence-electron chi connectivity index (χ1n) is 12.5. The molecule has 0 aromatic rings. The van der Waals surface area contributed by atoms with Crippen LogP contribution in [-0.2, 0) is 0 Å². The molecule has 0 saturated carbocycles. The summed E-state index contributed by atoms with van der Waals surface area (Å²) >= 11 is 0.991. The topological polar surface area (TPSA) is 9.72 Å². The van der Waals surface area contributed by atoms with Crippen molar-refractivity contribution in [3.63, 3.8) is 0 Å². The molecule has 4 heteroatoms. The Morgan fingerprint density at radius 3 is 0.688 bits per heavy atom. The number of likely N-dealkylation sites (N-methyl/N-ethyl adjacent to an activating group) is 2. The van der Waals surface area contributed by atoms with Gasteiger partial charge in [-0.3, -0.25) is 0 Å². The van der Waals surface area contributed by atoms with Gasteiger partial charge in [0, 0.05) is 0 Å². The second kappa shape index (κ2) is 9.29. The molecule has 0 aliphatic heterocycles. The summed E-state index contributed by atoms with van der Waals surface area (Å²) < 4.78 is 2.78. The molecule has 0 spiro atoms. The van der Waals surface area contributed by atoms with E-state index in [9.17, 15) is 0 Å². The van der Waals surface area contributed by atoms with Gasteiger partial charge < -0.3 is 0 Å². The predicted molar refractivity (Wildman–Crippen MR) is 141 cm³/mol. The van der Waals surface area contributed by atoms with Crippen LogP contribution in [0, 0.1) is 50.9 Å². The number of nitrogens with zero attached hydrogens (tertiary/aromatic N) is 3. The molecular weight excluding hydrogens is 518 g/mol. The van der Waals surface area contributed by atoms with Gasteiger partial charge in [-0.05, 0) is 0 Å². The van der Waals surface area contributed by atoms with E-state index in [1.165, 1.54) is 0 Å². The van der Waals surface area contributed by atoms with Gasteiger partial charge in [-0.25, -0.2) is 0 Å². The summed E-state index contributed by atoms with van der Waals surface area (Å²) in [5.74, 6) is 0. The first-order chi connectivity index (χ1) is 13.5. The third-order valence-electron chi connectivity index (χ3n) is 11.1. The fourth-order valence-corrected chi connectivity index (χ4v) is 6.19. The quantitative estimate of drug-likeness (QED) is 0.298. The molecule has 0 N–H and O–H groups in total. The molecule has 191 valence electrons. The molecule has 0 aromatic carbocycles. The molecule has 0 unspecified atom stereocenters. The van der Waals surface area contributed by atoms with Crippen molar-refractivity contribution in [2.75, 3.05) is 14.1 Å². The van der Waals surface area contributed by atoms with Crippen molar-refractivity contribution >= 4 is 0 Å². The third kappa shape index (κ3) is 5.33. The maximum absolute atomic E-state index is 2.78. The molecule has 0 aliphatic rings. The molecule has 0 aliphatic carbocycles. The van der Waals surface area contributed by atoms with Crippen molar-refractivity contribution in [2.45, 2.75) is 158 Å². The fraction of sp³-hybridized carbons (Fsp3) is 1.00. The minimum atomic E-state index is -0.0308. The second-order valence-corrected chi connectivity index (χ2v) is 16.7. The van der Waals surface area contributed by atoms with Crippen LogP contribution in [-0.4, -0.2) is 58.0 Å². The van der Waals surface area contributed by atoms with E-state index in [0.717, 1.165) is 40.0 Å². The molecular formula is C28H60CeN3. The molecule has 0 bridgehead atoms. The molecule has 0 heterocycles. The van der Waals surface area contributed by atoms with E-state index in [-0.39, 0.29) is 44.1 Å². The number of rotatable bonds is 8. The van der Waals surface area contributed by atoms with Crippen molar-refractivity contribution in [3.05, 3.63) is 0 Å². The Kier molecular flexibility index (Phi) is 9.65. The van der Waals surface area contributed by atoms with E-state index >= 15 is 0 Å². The predicted octanol–water partition coefficient (Wildman–Crippen LogP) is 7.38. The maximum atomic E-state index is 2.78. The Morgan fingerprint density at radius 1 is 0.344 bits per heavy atom. The molecule has 0 fully saturated rings. The van der Waals surface area contributed by atoms with E-state index in [0.29, 0.717) is 0 Å². The average molecular weight is 579 g/mol. The van der Waals surface area contributed by atoms with Crippen LogP contribution in [0.2, 0.25) is 0 Å². The zero-order valence-electron chi connectivity index (χ0n) is 25.8. The zero-order valence-corrected chi connectivity index (χ0v) is 29.0. The Morgan fingerprint density at radius 2 is 0.531 bits per heavy atom. The molecule has 32 heavy (non-hydrogen) atoms. The van der Waals surface area contributed by atoms with Gasteiger partial charge >= 0.3 is 233 Å². The van der Waals surface area contributed by atoms with Gasteiger partial charge in [0.25, 0.3) is 0 Å². The molecule has 0 rings (SSSR count). The molecule has 0 aromatic heterocycles. The van der Waals surface area contributed by atoms with Crippen LogP contribution < -0.4 is 0 Å². The molecule has 0 radical (unpaired) electrons. The van der Waals surface area contributed by atoms with Crippen molar-refractivity contribution in [2.24, 2.45) is 10.8 Å². The Labute approximate surface area is 231 Å². The molecule has 0 atom stereocenters. The van der Waals surface area contributed by atoms with E-state index < -0.39 is 0 Å². The summed E-state index contributed by atoms with van der Waals surface area (Å²) in [5.41, 5.74) is 0.358. The zero-order chi connectivity index (χ0) is 26.7. The van der Waals surface area contributed by atoms with Crippen molar-refractivity contribution in [1.82, 2.24) is 10.7 Å². The summed E-state index contributed by atoms with van der Waals surface area (Å²) in [7, 11) is 4.66. The Balaban J connectivity index is 6.46. The Bertz CT molecular complexity index is 587. The van der Waals surface area contributed by atoms with E-state index in [1.807, 2.05) is 0 Å². The van der Waals surface area contributed by atoms with Gasteiger partial charge in [0.15, 0.2) is 0 Å². The summed E-state index contributed by atoms with van der Waals surface area (Å²) in [4.78, 5) is 5.27. The van der Waals surface area contributed by atoms with E-state index in [2.05, 4.69) is 149 Å². The summed E-state index contributed by atoms with van der Waals surface area (Å²) in [6.45, 7) is 43.4. The van der Waals surface area contributed by atoms with Crippen molar-refractivity contribution in [1.29, 1.82) is 0 Å². The van der Waals surface area contributed by atoms with Crippen LogP contribution >= 0.6 is 0 Å². The van der Waals surface area contributed by atoms with Crippen molar-refractivity contribution in [3.8, 4) is 0 Å². The minimum absolute atomic E-state index is 0.0238. The number of hydrogen-bond donors (Lipinski definition) is 0. The monoisotopic (exact) mass is 578 g/mol. The van der Waals surface area contributed by atoms with Gasteiger partial charge in [-0.1, -0.05) is 0 Å². The summed E-state index contributed by atoms with van der Waals surface area (Å²) in [6.07, 6.45) is 0. The van der Waals surface area contributed by atoms with Crippen LogP contribution in [0.15, 0.2) is 0 Å². The summed E-state index contributed by atoms with van der Waals surface area (Å²) in [5, 5.41) is 0. The first-order valence-corrected chi connectivity index (χ1v) is 13.9. The number of hydrogen-bond acceptors (Lipinski definition) is 3. The van der Waals surface area contributed by atoms with E-state index in [1.54, 1.807) is 0 Å². The Hall–Kier alpha value is 1.26. The van der Waals surface area contributed by atoms with Crippen LogP contribution in [0.3, 0.4) is 0 Å². The first kappa shape index (κ1) is 33.3. The van der Waals surface area contributed by atoms with Crippen molar-refractivity contribution < 1.29 is 40.0 Å². The molecule has 0 saturated heterocycles. The van der Waals surface area contributed by atoms with Crippen LogP contribution in [0.1, 0.15) is 125 Å². The van der Waals surface area contributed by atoms with Gasteiger partial charge in [-0.2, -0.15) is 0 Å². The molecule has 3 nitrogen and oxygen atoms in total. The fourth-order valence-electron chi connectivity index (χ4n) is 4.47. The average Bonchev–Trinajstić information content (AvgIpc) is 2.56. The standard InChI is InChI=1S/C28H60N3.Ce/c1-21(2,3)25(11,12)30(19)27(15,16)23(7,8)29-24(9,10)28(17,18)31(20)26(13,14)22(4,5)6;/h1-20H3;/q-1;+1. The van der Waals surface area contributed by atoms with Crippen LogP contribution in [0.4, 0.5) is 0 Å². The van der Waals surface area contributed by atoms with Gasteiger partial charge in [0.2, 0.25) is 0 Å². The van der Waals surface area contributed by atoms with Gasteiger partial charge in [-0.15, -0.1) is 0 Å². The van der Waals surface area contributed by atoms with Gasteiger partial charge in [0.05, 0.1) is 0 Å². The SMILES string of the molecule is CN(C(C)(C)C(C)(C)C)C(C)(C)C(C)(C)[N]([Ce])C(C)(C)C(C)(C)N(C)C(C)(C)C(C)(C)C. The van der Waals surface area contributed by atoms with Crippen LogP contribution in [0.25, 0.3) is 0 Å². The second-order valence-electron chi connectivity index (χ2n) is 15.3. The normalized spacial score (nSPS) is 16.4. The third-order valence-corrected chi connectivity index (χ3v) is 14.6. The van der Waals surface area contributed by atoms with E-state index in [4.69, 9.17) is 0 Å². The molecule has 0 amide bonds. The van der Waals surface area contributed by atoms with Gasteiger partial charge in [0.1, 0.15) is 0 Å². The summed E-state index contributed by atoms with van der Waals surface area (Å²) in [6, 6.07) is 0. The van der Waals surface area contributed by atoms with Crippen LogP contribution in [0.5, 0.6) is 0 Å².